The standard InChI is InChI=1S/C17H19Cl3N4O/c1-2-24-11-15(20)16(21-24)17(25)23-7-5-22(6-8-23)10-12-3-4-13(18)9-14(12)19/h3-4,9,11H,2,5-8,10H2,1H3. The van der Waals surface area contributed by atoms with Crippen LogP contribution in [0, 0.1) is 0 Å². The highest BCUT2D eigenvalue weighted by molar-refractivity contribution is 6.35. The van der Waals surface area contributed by atoms with E-state index >= 15 is 0 Å². The van der Waals surface area contributed by atoms with Crippen molar-refractivity contribution in [2.24, 2.45) is 0 Å². The van der Waals surface area contributed by atoms with E-state index in [4.69, 9.17) is 34.8 Å². The zero-order valence-corrected chi connectivity index (χ0v) is 16.2. The highest BCUT2D eigenvalue weighted by Crippen LogP contribution is 2.23. The maximum atomic E-state index is 12.6. The van der Waals surface area contributed by atoms with Crippen molar-refractivity contribution >= 4 is 40.7 Å². The zero-order chi connectivity index (χ0) is 18.0. The summed E-state index contributed by atoms with van der Waals surface area (Å²) in [7, 11) is 0. The van der Waals surface area contributed by atoms with Crippen LogP contribution < -0.4 is 0 Å². The molecule has 2 heterocycles. The van der Waals surface area contributed by atoms with Gasteiger partial charge in [0.1, 0.15) is 0 Å². The Bertz CT molecular complexity index is 769. The van der Waals surface area contributed by atoms with E-state index in [1.165, 1.54) is 0 Å². The van der Waals surface area contributed by atoms with Crippen molar-refractivity contribution in [2.45, 2.75) is 20.0 Å². The molecule has 0 unspecified atom stereocenters. The maximum absolute atomic E-state index is 12.6. The molecule has 1 fully saturated rings. The highest BCUT2D eigenvalue weighted by Gasteiger charge is 2.26. The molecule has 0 aliphatic carbocycles. The molecule has 5 nitrogen and oxygen atoms in total. The summed E-state index contributed by atoms with van der Waals surface area (Å²) in [5.41, 5.74) is 1.37. The number of aryl methyl sites for hydroxylation is 1. The van der Waals surface area contributed by atoms with E-state index in [1.807, 2.05) is 19.1 Å². The number of nitrogens with zero attached hydrogens (tertiary/aromatic N) is 4. The van der Waals surface area contributed by atoms with Crippen molar-refractivity contribution in [3.05, 3.63) is 50.7 Å². The lowest BCUT2D eigenvalue weighted by Gasteiger charge is -2.34. The molecule has 134 valence electrons. The fraction of sp³-hybridized carbons (Fsp3) is 0.412. The van der Waals surface area contributed by atoms with Crippen LogP contribution in [0.15, 0.2) is 24.4 Å². The van der Waals surface area contributed by atoms with Gasteiger partial charge in [0, 0.05) is 55.5 Å². The minimum absolute atomic E-state index is 0.110. The molecule has 0 bridgehead atoms. The van der Waals surface area contributed by atoms with E-state index in [0.29, 0.717) is 40.4 Å². The number of hydrogen-bond donors (Lipinski definition) is 0. The minimum atomic E-state index is -0.110. The molecule has 3 rings (SSSR count). The normalized spacial score (nSPS) is 15.6. The Kier molecular flexibility index (Phi) is 5.89. The number of rotatable bonds is 4. The van der Waals surface area contributed by atoms with Crippen LogP contribution in [-0.4, -0.2) is 51.7 Å². The van der Waals surface area contributed by atoms with Gasteiger partial charge in [-0.2, -0.15) is 5.10 Å². The van der Waals surface area contributed by atoms with Crippen molar-refractivity contribution in [3.63, 3.8) is 0 Å². The molecule has 8 heteroatoms. The van der Waals surface area contributed by atoms with Crippen molar-refractivity contribution in [1.82, 2.24) is 19.6 Å². The molecular formula is C17H19Cl3N4O. The van der Waals surface area contributed by atoms with Gasteiger partial charge in [-0.15, -0.1) is 0 Å². The molecule has 0 spiro atoms. The maximum Gasteiger partial charge on any atom is 0.276 e. The SMILES string of the molecule is CCn1cc(Cl)c(C(=O)N2CCN(Cc3ccc(Cl)cc3Cl)CC2)n1. The molecule has 1 aromatic heterocycles. The number of carbonyl (C=O) groups is 1. The Labute approximate surface area is 162 Å². The summed E-state index contributed by atoms with van der Waals surface area (Å²) in [5, 5.41) is 5.97. The van der Waals surface area contributed by atoms with E-state index in [1.54, 1.807) is 21.8 Å². The molecule has 1 aliphatic rings. The Morgan fingerprint density at radius 1 is 1.12 bits per heavy atom. The largest absolute Gasteiger partial charge is 0.335 e. The third kappa shape index (κ3) is 4.29. The Morgan fingerprint density at radius 3 is 2.44 bits per heavy atom. The van der Waals surface area contributed by atoms with Crippen LogP contribution in [0.1, 0.15) is 23.0 Å². The summed E-state index contributed by atoms with van der Waals surface area (Å²) in [4.78, 5) is 16.7. The van der Waals surface area contributed by atoms with Crippen LogP contribution in [0.5, 0.6) is 0 Å². The molecule has 2 aromatic rings. The number of piperazine rings is 1. The molecule has 1 amide bonds. The summed E-state index contributed by atoms with van der Waals surface area (Å²) in [6, 6.07) is 5.54. The Morgan fingerprint density at radius 2 is 1.84 bits per heavy atom. The first-order valence-corrected chi connectivity index (χ1v) is 9.30. The second-order valence-electron chi connectivity index (χ2n) is 5.99. The molecule has 1 aromatic carbocycles. The lowest BCUT2D eigenvalue weighted by molar-refractivity contribution is 0.0622. The third-order valence-electron chi connectivity index (χ3n) is 4.31. The van der Waals surface area contributed by atoms with Gasteiger partial charge in [-0.25, -0.2) is 0 Å². The predicted molar refractivity (Wildman–Crippen MR) is 101 cm³/mol. The minimum Gasteiger partial charge on any atom is -0.335 e. The fourth-order valence-corrected chi connectivity index (χ4v) is 3.55. The number of carbonyl (C=O) groups excluding carboxylic acids is 1. The number of amides is 1. The monoisotopic (exact) mass is 400 g/mol. The molecular weight excluding hydrogens is 383 g/mol. The van der Waals surface area contributed by atoms with Gasteiger partial charge < -0.3 is 4.90 Å². The second-order valence-corrected chi connectivity index (χ2v) is 7.24. The average Bonchev–Trinajstić information content (AvgIpc) is 2.98. The number of halogens is 3. The molecule has 0 radical (unpaired) electrons. The van der Waals surface area contributed by atoms with Crippen molar-refractivity contribution in [1.29, 1.82) is 0 Å². The first-order chi connectivity index (χ1) is 12.0. The molecule has 1 aliphatic heterocycles. The lowest BCUT2D eigenvalue weighted by Crippen LogP contribution is -2.48. The van der Waals surface area contributed by atoms with Gasteiger partial charge in [-0.1, -0.05) is 40.9 Å². The predicted octanol–water partition coefficient (Wildman–Crippen LogP) is 3.82. The molecule has 25 heavy (non-hydrogen) atoms. The Hall–Kier alpha value is -1.27. The van der Waals surface area contributed by atoms with Gasteiger partial charge in [0.25, 0.3) is 5.91 Å². The van der Waals surface area contributed by atoms with Crippen LogP contribution in [0.25, 0.3) is 0 Å². The molecule has 0 N–H and O–H groups in total. The van der Waals surface area contributed by atoms with Gasteiger partial charge >= 0.3 is 0 Å². The summed E-state index contributed by atoms with van der Waals surface area (Å²) in [6.45, 7) is 6.20. The van der Waals surface area contributed by atoms with Crippen LogP contribution in [-0.2, 0) is 13.1 Å². The Balaban J connectivity index is 1.59. The number of aromatic nitrogens is 2. The zero-order valence-electron chi connectivity index (χ0n) is 13.9. The first kappa shape index (κ1) is 18.5. The van der Waals surface area contributed by atoms with Crippen molar-refractivity contribution in [2.75, 3.05) is 26.2 Å². The van der Waals surface area contributed by atoms with E-state index in [2.05, 4.69) is 10.00 Å². The van der Waals surface area contributed by atoms with Gasteiger partial charge in [-0.05, 0) is 24.6 Å². The smallest absolute Gasteiger partial charge is 0.276 e. The molecule has 0 atom stereocenters. The average molecular weight is 402 g/mol. The highest BCUT2D eigenvalue weighted by atomic mass is 35.5. The quantitative estimate of drug-likeness (QED) is 0.782. The second kappa shape index (κ2) is 7.96. The van der Waals surface area contributed by atoms with Crippen LogP contribution in [0.3, 0.4) is 0 Å². The molecule has 1 saturated heterocycles. The van der Waals surface area contributed by atoms with E-state index in [9.17, 15) is 4.79 Å². The van der Waals surface area contributed by atoms with Crippen molar-refractivity contribution in [3.8, 4) is 0 Å². The summed E-state index contributed by atoms with van der Waals surface area (Å²) in [5.74, 6) is -0.110. The van der Waals surface area contributed by atoms with Crippen molar-refractivity contribution < 1.29 is 4.79 Å². The summed E-state index contributed by atoms with van der Waals surface area (Å²) < 4.78 is 1.67. The van der Waals surface area contributed by atoms with Crippen LogP contribution in [0.2, 0.25) is 15.1 Å². The topological polar surface area (TPSA) is 41.4 Å². The van der Waals surface area contributed by atoms with Gasteiger partial charge in [0.15, 0.2) is 5.69 Å². The number of hydrogen-bond acceptors (Lipinski definition) is 3. The summed E-state index contributed by atoms with van der Waals surface area (Å²) >= 11 is 18.3. The van der Waals surface area contributed by atoms with Gasteiger partial charge in [-0.3, -0.25) is 14.4 Å². The van der Waals surface area contributed by atoms with Gasteiger partial charge in [0.2, 0.25) is 0 Å². The van der Waals surface area contributed by atoms with Crippen LogP contribution in [0.4, 0.5) is 0 Å². The lowest BCUT2D eigenvalue weighted by atomic mass is 10.2. The third-order valence-corrected chi connectivity index (χ3v) is 5.18. The van der Waals surface area contributed by atoms with Gasteiger partial charge in [0.05, 0.1) is 5.02 Å². The van der Waals surface area contributed by atoms with E-state index in [0.717, 1.165) is 25.2 Å². The fourth-order valence-electron chi connectivity index (χ4n) is 2.85. The number of benzene rings is 1. The van der Waals surface area contributed by atoms with Crippen LogP contribution >= 0.6 is 34.8 Å². The summed E-state index contributed by atoms with van der Waals surface area (Å²) in [6.07, 6.45) is 1.69. The molecule has 0 saturated carbocycles. The van der Waals surface area contributed by atoms with E-state index in [-0.39, 0.29) is 5.91 Å². The van der Waals surface area contributed by atoms with E-state index < -0.39 is 0 Å². The first-order valence-electron chi connectivity index (χ1n) is 8.16.